The zero-order chi connectivity index (χ0) is 14.9. The van der Waals surface area contributed by atoms with E-state index in [1.807, 2.05) is 19.1 Å². The standard InChI is InChI=1S/C15H25N5O/c1-13-4-2-5-17-14(13)12-19-15(16)18-6-3-7-20-8-10-21-11-9-20/h2,4-5H,3,6-12H2,1H3,(H3,16,18,19). The lowest BCUT2D eigenvalue weighted by Gasteiger charge is -2.26. The molecule has 0 aromatic carbocycles. The molecule has 6 nitrogen and oxygen atoms in total. The van der Waals surface area contributed by atoms with E-state index in [-0.39, 0.29) is 0 Å². The molecule has 1 aliphatic rings. The van der Waals surface area contributed by atoms with Crippen molar-refractivity contribution in [2.45, 2.75) is 19.9 Å². The number of pyridine rings is 1. The van der Waals surface area contributed by atoms with Gasteiger partial charge in [0.15, 0.2) is 5.96 Å². The maximum atomic E-state index is 5.87. The number of nitrogens with one attached hydrogen (secondary N) is 1. The van der Waals surface area contributed by atoms with Crippen LogP contribution >= 0.6 is 0 Å². The summed E-state index contributed by atoms with van der Waals surface area (Å²) in [7, 11) is 0. The van der Waals surface area contributed by atoms with Gasteiger partial charge in [-0.3, -0.25) is 9.88 Å². The summed E-state index contributed by atoms with van der Waals surface area (Å²) in [5.41, 5.74) is 7.98. The summed E-state index contributed by atoms with van der Waals surface area (Å²) in [6.45, 7) is 8.22. The molecule has 0 radical (unpaired) electrons. The van der Waals surface area contributed by atoms with Crippen molar-refractivity contribution in [1.29, 1.82) is 0 Å². The van der Waals surface area contributed by atoms with Crippen LogP contribution in [-0.2, 0) is 11.3 Å². The third-order valence-electron chi connectivity index (χ3n) is 3.58. The molecule has 1 aromatic heterocycles. The van der Waals surface area contributed by atoms with Gasteiger partial charge in [0.1, 0.15) is 0 Å². The third kappa shape index (κ3) is 5.69. The molecule has 1 aromatic rings. The maximum absolute atomic E-state index is 5.87. The fourth-order valence-corrected chi connectivity index (χ4v) is 2.24. The number of nitrogens with two attached hydrogens (primary N) is 1. The van der Waals surface area contributed by atoms with Crippen molar-refractivity contribution in [3.63, 3.8) is 0 Å². The quantitative estimate of drug-likeness (QED) is 0.454. The van der Waals surface area contributed by atoms with Crippen molar-refractivity contribution in [2.24, 2.45) is 10.7 Å². The van der Waals surface area contributed by atoms with Gasteiger partial charge in [0, 0.05) is 25.8 Å². The molecule has 6 heteroatoms. The molecule has 0 amide bonds. The van der Waals surface area contributed by atoms with Crippen molar-refractivity contribution in [2.75, 3.05) is 39.4 Å². The Morgan fingerprint density at radius 2 is 2.29 bits per heavy atom. The third-order valence-corrected chi connectivity index (χ3v) is 3.58. The van der Waals surface area contributed by atoms with Crippen molar-refractivity contribution in [3.05, 3.63) is 29.6 Å². The minimum absolute atomic E-state index is 0.488. The Bertz CT molecular complexity index is 457. The summed E-state index contributed by atoms with van der Waals surface area (Å²) in [6, 6.07) is 3.96. The van der Waals surface area contributed by atoms with E-state index in [1.165, 1.54) is 0 Å². The monoisotopic (exact) mass is 291 g/mol. The second-order valence-corrected chi connectivity index (χ2v) is 5.20. The number of nitrogens with zero attached hydrogens (tertiary/aromatic N) is 3. The van der Waals surface area contributed by atoms with E-state index >= 15 is 0 Å². The molecule has 2 heterocycles. The van der Waals surface area contributed by atoms with E-state index in [1.54, 1.807) is 6.20 Å². The van der Waals surface area contributed by atoms with Gasteiger partial charge in [0.25, 0.3) is 0 Å². The molecule has 21 heavy (non-hydrogen) atoms. The summed E-state index contributed by atoms with van der Waals surface area (Å²) in [5.74, 6) is 0.488. The van der Waals surface area contributed by atoms with Gasteiger partial charge in [-0.05, 0) is 31.5 Å². The van der Waals surface area contributed by atoms with Crippen molar-refractivity contribution in [1.82, 2.24) is 15.2 Å². The number of hydrogen-bond acceptors (Lipinski definition) is 4. The molecule has 1 aliphatic heterocycles. The van der Waals surface area contributed by atoms with Crippen LogP contribution in [0.15, 0.2) is 23.3 Å². The van der Waals surface area contributed by atoms with E-state index in [0.29, 0.717) is 12.5 Å². The van der Waals surface area contributed by atoms with Crippen molar-refractivity contribution < 1.29 is 4.74 Å². The van der Waals surface area contributed by atoms with Crippen LogP contribution < -0.4 is 11.1 Å². The van der Waals surface area contributed by atoms with Crippen LogP contribution in [0.5, 0.6) is 0 Å². The van der Waals surface area contributed by atoms with E-state index in [9.17, 15) is 0 Å². The fraction of sp³-hybridized carbons (Fsp3) is 0.600. The normalized spacial score (nSPS) is 16.9. The average molecular weight is 291 g/mol. The van der Waals surface area contributed by atoms with Crippen LogP contribution in [0, 0.1) is 6.92 Å². The Morgan fingerprint density at radius 1 is 1.48 bits per heavy atom. The summed E-state index contributed by atoms with van der Waals surface area (Å²) >= 11 is 0. The van der Waals surface area contributed by atoms with Gasteiger partial charge in [0.05, 0.1) is 25.5 Å². The first-order chi connectivity index (χ1) is 10.3. The molecule has 0 spiro atoms. The predicted molar refractivity (Wildman–Crippen MR) is 84.2 cm³/mol. The first-order valence-electron chi connectivity index (χ1n) is 7.50. The van der Waals surface area contributed by atoms with Gasteiger partial charge in [-0.15, -0.1) is 0 Å². The number of ether oxygens (including phenoxy) is 1. The summed E-state index contributed by atoms with van der Waals surface area (Å²) in [4.78, 5) is 11.0. The summed E-state index contributed by atoms with van der Waals surface area (Å²) < 4.78 is 5.33. The fourth-order valence-electron chi connectivity index (χ4n) is 2.24. The molecular weight excluding hydrogens is 266 g/mol. The van der Waals surface area contributed by atoms with E-state index in [2.05, 4.69) is 20.2 Å². The predicted octanol–water partition coefficient (Wildman–Crippen LogP) is 0.517. The number of aliphatic imine (C=N–C) groups is 1. The lowest BCUT2D eigenvalue weighted by molar-refractivity contribution is 0.0376. The van der Waals surface area contributed by atoms with Gasteiger partial charge >= 0.3 is 0 Å². The largest absolute Gasteiger partial charge is 0.379 e. The SMILES string of the molecule is Cc1cccnc1CN=C(N)NCCCN1CCOCC1. The number of hydrogen-bond donors (Lipinski definition) is 2. The van der Waals surface area contributed by atoms with Gasteiger partial charge < -0.3 is 15.8 Å². The molecule has 116 valence electrons. The Hall–Kier alpha value is -1.66. The first kappa shape index (κ1) is 15.7. The highest BCUT2D eigenvalue weighted by atomic mass is 16.5. The molecule has 0 aliphatic carbocycles. The highest BCUT2D eigenvalue weighted by molar-refractivity contribution is 5.77. The zero-order valence-electron chi connectivity index (χ0n) is 12.7. The molecule has 0 bridgehead atoms. The maximum Gasteiger partial charge on any atom is 0.188 e. The summed E-state index contributed by atoms with van der Waals surface area (Å²) in [5, 5.41) is 3.15. The van der Waals surface area contributed by atoms with E-state index in [4.69, 9.17) is 10.5 Å². The topological polar surface area (TPSA) is 75.8 Å². The van der Waals surface area contributed by atoms with Crippen molar-refractivity contribution in [3.8, 4) is 0 Å². The second kappa shape index (κ2) is 8.59. The van der Waals surface area contributed by atoms with E-state index < -0.39 is 0 Å². The molecule has 3 N–H and O–H groups in total. The van der Waals surface area contributed by atoms with Gasteiger partial charge in [-0.2, -0.15) is 0 Å². The van der Waals surface area contributed by atoms with Gasteiger partial charge in [-0.25, -0.2) is 4.99 Å². The number of aryl methyl sites for hydroxylation is 1. The zero-order valence-corrected chi connectivity index (χ0v) is 12.7. The Labute approximate surface area is 126 Å². The summed E-state index contributed by atoms with van der Waals surface area (Å²) in [6.07, 6.45) is 2.84. The van der Waals surface area contributed by atoms with Crippen LogP contribution in [-0.4, -0.2) is 55.2 Å². The molecule has 0 unspecified atom stereocenters. The number of aromatic nitrogens is 1. The highest BCUT2D eigenvalue weighted by Gasteiger charge is 2.08. The highest BCUT2D eigenvalue weighted by Crippen LogP contribution is 2.04. The average Bonchev–Trinajstić information content (AvgIpc) is 2.52. The van der Waals surface area contributed by atoms with Gasteiger partial charge in [0.2, 0.25) is 0 Å². The lowest BCUT2D eigenvalue weighted by Crippen LogP contribution is -2.39. The Morgan fingerprint density at radius 3 is 3.05 bits per heavy atom. The smallest absolute Gasteiger partial charge is 0.188 e. The molecule has 1 saturated heterocycles. The lowest BCUT2D eigenvalue weighted by atomic mass is 10.2. The molecule has 2 rings (SSSR count). The molecular formula is C15H25N5O. The van der Waals surface area contributed by atoms with Crippen LogP contribution in [0.3, 0.4) is 0 Å². The molecule has 1 fully saturated rings. The van der Waals surface area contributed by atoms with Crippen LogP contribution in [0.2, 0.25) is 0 Å². The van der Waals surface area contributed by atoms with Crippen LogP contribution in [0.4, 0.5) is 0 Å². The number of morpholine rings is 1. The minimum Gasteiger partial charge on any atom is -0.379 e. The van der Waals surface area contributed by atoms with E-state index in [0.717, 1.165) is 57.1 Å². The molecule has 0 saturated carbocycles. The van der Waals surface area contributed by atoms with Crippen LogP contribution in [0.25, 0.3) is 0 Å². The Kier molecular flexibility index (Phi) is 6.43. The van der Waals surface area contributed by atoms with Crippen molar-refractivity contribution >= 4 is 5.96 Å². The number of guanidine groups is 1. The minimum atomic E-state index is 0.488. The second-order valence-electron chi connectivity index (χ2n) is 5.20. The van der Waals surface area contributed by atoms with Gasteiger partial charge in [-0.1, -0.05) is 6.07 Å². The number of rotatable bonds is 6. The first-order valence-corrected chi connectivity index (χ1v) is 7.50. The molecule has 0 atom stereocenters. The Balaban J connectivity index is 1.63. The van der Waals surface area contributed by atoms with Crippen LogP contribution in [0.1, 0.15) is 17.7 Å².